The molecule has 1 N–H and O–H groups in total. The Bertz CT molecular complexity index is 488. The maximum Gasteiger partial charge on any atom is 0.417 e. The number of nitrogens with one attached hydrogen (secondary N) is 1. The summed E-state index contributed by atoms with van der Waals surface area (Å²) >= 11 is 0. The predicted octanol–water partition coefficient (Wildman–Crippen LogP) is 2.71. The Morgan fingerprint density at radius 2 is 1.95 bits per heavy atom. The number of halogens is 3. The molecule has 0 atom stereocenters. The third kappa shape index (κ3) is 3.38. The van der Waals surface area contributed by atoms with Gasteiger partial charge in [0.2, 0.25) is 0 Å². The van der Waals surface area contributed by atoms with E-state index in [0.29, 0.717) is 5.75 Å². The molecule has 1 aromatic rings. The standard InChI is InChI=1S/C13H13F3N2O/c14-13(15,16)12-2-1-11(7-9(12)8-17)19-10-3-5-18-6-4-10/h1-2,7,10,18H,3-6H2. The van der Waals surface area contributed by atoms with Crippen molar-refractivity contribution in [3.8, 4) is 11.8 Å². The Morgan fingerprint density at radius 3 is 2.53 bits per heavy atom. The Kier molecular flexibility index (Phi) is 3.96. The highest BCUT2D eigenvalue weighted by atomic mass is 19.4. The van der Waals surface area contributed by atoms with E-state index in [1.165, 1.54) is 6.07 Å². The number of benzene rings is 1. The second-order valence-electron chi connectivity index (χ2n) is 4.38. The fourth-order valence-electron chi connectivity index (χ4n) is 2.04. The van der Waals surface area contributed by atoms with Gasteiger partial charge in [-0.25, -0.2) is 0 Å². The van der Waals surface area contributed by atoms with Gasteiger partial charge in [-0.1, -0.05) is 0 Å². The molecule has 0 saturated carbocycles. The van der Waals surface area contributed by atoms with Crippen molar-refractivity contribution in [1.29, 1.82) is 5.26 Å². The predicted molar refractivity (Wildman–Crippen MR) is 62.7 cm³/mol. The fraction of sp³-hybridized carbons (Fsp3) is 0.462. The van der Waals surface area contributed by atoms with E-state index in [1.54, 1.807) is 6.07 Å². The van der Waals surface area contributed by atoms with Crippen molar-refractivity contribution in [2.75, 3.05) is 13.1 Å². The largest absolute Gasteiger partial charge is 0.490 e. The van der Waals surface area contributed by atoms with Crippen LogP contribution in [0.3, 0.4) is 0 Å². The van der Waals surface area contributed by atoms with Crippen LogP contribution in [0.25, 0.3) is 0 Å². The zero-order valence-electron chi connectivity index (χ0n) is 10.1. The molecule has 1 aliphatic rings. The lowest BCUT2D eigenvalue weighted by atomic mass is 10.1. The van der Waals surface area contributed by atoms with Crippen molar-refractivity contribution in [3.05, 3.63) is 29.3 Å². The van der Waals surface area contributed by atoms with Crippen molar-refractivity contribution in [2.45, 2.75) is 25.1 Å². The van der Waals surface area contributed by atoms with Crippen molar-refractivity contribution in [2.24, 2.45) is 0 Å². The molecule has 0 bridgehead atoms. The van der Waals surface area contributed by atoms with Crippen LogP contribution in [0, 0.1) is 11.3 Å². The first-order valence-corrected chi connectivity index (χ1v) is 5.99. The fourth-order valence-corrected chi connectivity index (χ4v) is 2.04. The number of piperidine rings is 1. The summed E-state index contributed by atoms with van der Waals surface area (Å²) in [4.78, 5) is 0. The van der Waals surface area contributed by atoms with Crippen LogP contribution in [-0.4, -0.2) is 19.2 Å². The molecule has 1 heterocycles. The number of nitrogens with zero attached hydrogens (tertiary/aromatic N) is 1. The lowest BCUT2D eigenvalue weighted by Gasteiger charge is -2.24. The van der Waals surface area contributed by atoms with Gasteiger partial charge in [0.25, 0.3) is 0 Å². The topological polar surface area (TPSA) is 45.0 Å². The van der Waals surface area contributed by atoms with E-state index in [-0.39, 0.29) is 6.10 Å². The maximum absolute atomic E-state index is 12.6. The van der Waals surface area contributed by atoms with Gasteiger partial charge in [-0.3, -0.25) is 0 Å². The summed E-state index contributed by atoms with van der Waals surface area (Å²) in [5.41, 5.74) is -1.33. The summed E-state index contributed by atoms with van der Waals surface area (Å²) < 4.78 is 43.5. The summed E-state index contributed by atoms with van der Waals surface area (Å²) in [5, 5.41) is 12.0. The van der Waals surface area contributed by atoms with Crippen LogP contribution in [0.4, 0.5) is 13.2 Å². The van der Waals surface area contributed by atoms with Gasteiger partial charge in [-0.05, 0) is 44.1 Å². The lowest BCUT2D eigenvalue weighted by Crippen LogP contribution is -2.34. The molecule has 1 fully saturated rings. The molecule has 0 amide bonds. The van der Waals surface area contributed by atoms with Crippen molar-refractivity contribution in [3.63, 3.8) is 0 Å². The van der Waals surface area contributed by atoms with Gasteiger partial charge in [0.1, 0.15) is 11.9 Å². The van der Waals surface area contributed by atoms with Gasteiger partial charge in [0.05, 0.1) is 17.2 Å². The van der Waals surface area contributed by atoms with Crippen molar-refractivity contribution in [1.82, 2.24) is 5.32 Å². The highest BCUT2D eigenvalue weighted by Gasteiger charge is 2.33. The quantitative estimate of drug-likeness (QED) is 0.898. The second kappa shape index (κ2) is 5.49. The van der Waals surface area contributed by atoms with Gasteiger partial charge >= 0.3 is 6.18 Å². The third-order valence-corrected chi connectivity index (χ3v) is 3.01. The van der Waals surface area contributed by atoms with Crippen LogP contribution in [0.1, 0.15) is 24.0 Å². The molecule has 0 unspecified atom stereocenters. The maximum atomic E-state index is 12.6. The van der Waals surface area contributed by atoms with Gasteiger partial charge in [0, 0.05) is 0 Å². The smallest absolute Gasteiger partial charge is 0.417 e. The average Bonchev–Trinajstić information content (AvgIpc) is 2.38. The number of alkyl halides is 3. The normalized spacial score (nSPS) is 16.9. The molecule has 0 spiro atoms. The Balaban J connectivity index is 2.17. The highest BCUT2D eigenvalue weighted by molar-refractivity contribution is 5.44. The summed E-state index contributed by atoms with van der Waals surface area (Å²) in [7, 11) is 0. The number of rotatable bonds is 2. The molecule has 102 valence electrons. The van der Waals surface area contributed by atoms with Crippen molar-refractivity contribution < 1.29 is 17.9 Å². The summed E-state index contributed by atoms with van der Waals surface area (Å²) in [5.74, 6) is 0.316. The van der Waals surface area contributed by atoms with Crippen LogP contribution in [0.2, 0.25) is 0 Å². The number of hydrogen-bond acceptors (Lipinski definition) is 3. The first-order chi connectivity index (χ1) is 9.00. The number of nitriles is 1. The molecule has 0 radical (unpaired) electrons. The van der Waals surface area contributed by atoms with Gasteiger partial charge in [-0.15, -0.1) is 0 Å². The van der Waals surface area contributed by atoms with Crippen LogP contribution in [0.15, 0.2) is 18.2 Å². The van der Waals surface area contributed by atoms with Crippen molar-refractivity contribution >= 4 is 0 Å². The monoisotopic (exact) mass is 270 g/mol. The molecule has 2 rings (SSSR count). The van der Waals surface area contributed by atoms with E-state index in [1.807, 2.05) is 0 Å². The van der Waals surface area contributed by atoms with E-state index < -0.39 is 17.3 Å². The molecular weight excluding hydrogens is 257 g/mol. The minimum atomic E-state index is -4.52. The number of ether oxygens (including phenoxy) is 1. The van der Waals surface area contributed by atoms with Gasteiger partial charge < -0.3 is 10.1 Å². The summed E-state index contributed by atoms with van der Waals surface area (Å²) in [6, 6.07) is 4.89. The SMILES string of the molecule is N#Cc1cc(OC2CCNCC2)ccc1C(F)(F)F. The van der Waals surface area contributed by atoms with Crippen LogP contribution >= 0.6 is 0 Å². The minimum Gasteiger partial charge on any atom is -0.490 e. The summed E-state index contributed by atoms with van der Waals surface area (Å²) in [6.07, 6.45) is -2.91. The first-order valence-electron chi connectivity index (χ1n) is 5.99. The Morgan fingerprint density at radius 1 is 1.26 bits per heavy atom. The Hall–Kier alpha value is -1.74. The lowest BCUT2D eigenvalue weighted by molar-refractivity contribution is -0.137. The zero-order chi connectivity index (χ0) is 13.9. The second-order valence-corrected chi connectivity index (χ2v) is 4.38. The van der Waals surface area contributed by atoms with E-state index in [4.69, 9.17) is 10.00 Å². The third-order valence-electron chi connectivity index (χ3n) is 3.01. The van der Waals surface area contributed by atoms with E-state index in [2.05, 4.69) is 5.32 Å². The molecule has 1 aliphatic heterocycles. The number of hydrogen-bond donors (Lipinski definition) is 1. The van der Waals surface area contributed by atoms with E-state index in [0.717, 1.165) is 38.1 Å². The highest BCUT2D eigenvalue weighted by Crippen LogP contribution is 2.33. The van der Waals surface area contributed by atoms with Crippen LogP contribution < -0.4 is 10.1 Å². The molecule has 1 aromatic carbocycles. The first kappa shape index (κ1) is 13.7. The molecule has 0 aliphatic carbocycles. The van der Waals surface area contributed by atoms with Gasteiger partial charge in [-0.2, -0.15) is 18.4 Å². The zero-order valence-corrected chi connectivity index (χ0v) is 10.1. The average molecular weight is 270 g/mol. The van der Waals surface area contributed by atoms with E-state index in [9.17, 15) is 13.2 Å². The van der Waals surface area contributed by atoms with Gasteiger partial charge in [0.15, 0.2) is 0 Å². The summed E-state index contributed by atoms with van der Waals surface area (Å²) in [6.45, 7) is 1.66. The van der Waals surface area contributed by atoms with E-state index >= 15 is 0 Å². The molecule has 0 aromatic heterocycles. The van der Waals surface area contributed by atoms with Crippen LogP contribution in [0.5, 0.6) is 5.75 Å². The molecule has 3 nitrogen and oxygen atoms in total. The molecule has 19 heavy (non-hydrogen) atoms. The molecule has 6 heteroatoms. The molecule has 1 saturated heterocycles. The Labute approximate surface area is 109 Å². The molecular formula is C13H13F3N2O. The van der Waals surface area contributed by atoms with Crippen LogP contribution in [-0.2, 0) is 6.18 Å². The minimum absolute atomic E-state index is 0.00969.